The highest BCUT2D eigenvalue weighted by Crippen LogP contribution is 2.33. The Bertz CT molecular complexity index is 1030. The highest BCUT2D eigenvalue weighted by molar-refractivity contribution is 5.85. The van der Waals surface area contributed by atoms with E-state index in [2.05, 4.69) is 0 Å². The Morgan fingerprint density at radius 2 is 1.80 bits per heavy atom. The first kappa shape index (κ1) is 25.1. The molecule has 2 amide bonds. The van der Waals surface area contributed by atoms with Crippen LogP contribution in [-0.4, -0.2) is 54.2 Å². The van der Waals surface area contributed by atoms with Gasteiger partial charge in [0, 0.05) is 26.1 Å². The van der Waals surface area contributed by atoms with E-state index in [1.165, 1.54) is 0 Å². The molecule has 1 aromatic carbocycles. The molecule has 1 unspecified atom stereocenters. The number of nitrogens with zero attached hydrogens (tertiary/aromatic N) is 2. The summed E-state index contributed by atoms with van der Waals surface area (Å²) < 4.78 is 22.5. The Balaban J connectivity index is 1.52. The van der Waals surface area contributed by atoms with Crippen molar-refractivity contribution in [3.63, 3.8) is 0 Å². The molecule has 0 aliphatic carbocycles. The highest BCUT2D eigenvalue weighted by Gasteiger charge is 2.29. The van der Waals surface area contributed by atoms with Gasteiger partial charge in [0.25, 0.3) is 0 Å². The van der Waals surface area contributed by atoms with Gasteiger partial charge in [-0.2, -0.15) is 0 Å². The quantitative estimate of drug-likeness (QED) is 0.528. The summed E-state index contributed by atoms with van der Waals surface area (Å²) in [6, 6.07) is 9.44. The summed E-state index contributed by atoms with van der Waals surface area (Å²) in [6.45, 7) is 9.96. The molecule has 8 nitrogen and oxygen atoms in total. The predicted molar refractivity (Wildman–Crippen MR) is 130 cm³/mol. The first-order valence-corrected chi connectivity index (χ1v) is 12.3. The van der Waals surface area contributed by atoms with Gasteiger partial charge in [0.1, 0.15) is 11.5 Å². The minimum Gasteiger partial charge on any atom is -0.464 e. The fourth-order valence-electron chi connectivity index (χ4n) is 4.37. The van der Waals surface area contributed by atoms with Gasteiger partial charge in [0.05, 0.1) is 19.2 Å². The van der Waals surface area contributed by atoms with Gasteiger partial charge >= 0.3 is 0 Å². The molecule has 4 rings (SSSR count). The van der Waals surface area contributed by atoms with Crippen molar-refractivity contribution < 1.29 is 28.2 Å². The molecule has 8 heteroatoms. The normalized spacial score (nSPS) is 17.0. The highest BCUT2D eigenvalue weighted by atomic mass is 16.7. The van der Waals surface area contributed by atoms with Gasteiger partial charge in [-0.3, -0.25) is 9.59 Å². The van der Waals surface area contributed by atoms with Gasteiger partial charge in [-0.15, -0.1) is 0 Å². The summed E-state index contributed by atoms with van der Waals surface area (Å²) in [5.41, 5.74) is 0.741. The molecular weight excluding hydrogens is 448 g/mol. The smallest absolute Gasteiger partial charge is 0.242 e. The molecule has 35 heavy (non-hydrogen) atoms. The number of fused-ring (bicyclic) bond motifs is 1. The van der Waals surface area contributed by atoms with Crippen molar-refractivity contribution in [3.05, 3.63) is 47.4 Å². The Morgan fingerprint density at radius 1 is 1.00 bits per heavy atom. The second kappa shape index (κ2) is 10.7. The van der Waals surface area contributed by atoms with Crippen molar-refractivity contribution in [2.24, 2.45) is 5.41 Å². The van der Waals surface area contributed by atoms with E-state index < -0.39 is 0 Å². The maximum atomic E-state index is 13.6. The number of hydrogen-bond donors (Lipinski definition) is 0. The zero-order valence-corrected chi connectivity index (χ0v) is 21.2. The summed E-state index contributed by atoms with van der Waals surface area (Å²) in [5.74, 6) is 2.68. The molecule has 0 radical (unpaired) electrons. The summed E-state index contributed by atoms with van der Waals surface area (Å²) in [6.07, 6.45) is 2.22. The topological polar surface area (TPSA) is 81.5 Å². The van der Waals surface area contributed by atoms with E-state index in [4.69, 9.17) is 18.6 Å². The lowest BCUT2D eigenvalue weighted by molar-refractivity contribution is -0.143. The molecule has 2 aliphatic rings. The third-order valence-corrected chi connectivity index (χ3v) is 6.11. The van der Waals surface area contributed by atoms with Crippen LogP contribution in [0.15, 0.2) is 34.7 Å². The second-order valence-electron chi connectivity index (χ2n) is 10.6. The lowest BCUT2D eigenvalue weighted by Crippen LogP contribution is -2.46. The van der Waals surface area contributed by atoms with Crippen LogP contribution in [0.2, 0.25) is 0 Å². The zero-order valence-electron chi connectivity index (χ0n) is 21.2. The lowest BCUT2D eigenvalue weighted by atomic mass is 9.91. The maximum absolute atomic E-state index is 13.6. The van der Waals surface area contributed by atoms with Crippen LogP contribution in [-0.2, 0) is 27.4 Å². The molecule has 2 aromatic rings. The van der Waals surface area contributed by atoms with E-state index in [0.717, 1.165) is 24.2 Å². The number of rotatable bonds is 9. The van der Waals surface area contributed by atoms with Gasteiger partial charge in [-0.25, -0.2) is 0 Å². The zero-order chi connectivity index (χ0) is 25.0. The molecular formula is C27H36N2O6. The third kappa shape index (κ3) is 7.01. The standard InChI is InChI=1S/C27H36N2O6/c1-19-7-9-22(35-19)16-28(14-20-8-10-23-24(12-20)34-18-33-23)26(31)17-29(15-21-6-5-11-32-21)25(30)13-27(2,3)4/h7-10,12,21H,5-6,11,13-18H2,1-4H3. The maximum Gasteiger partial charge on any atom is 0.242 e. The Hall–Kier alpha value is -3.00. The van der Waals surface area contributed by atoms with Crippen LogP contribution in [0.5, 0.6) is 11.5 Å². The van der Waals surface area contributed by atoms with E-state index in [1.54, 1.807) is 9.80 Å². The van der Waals surface area contributed by atoms with Crippen molar-refractivity contribution in [1.29, 1.82) is 0 Å². The van der Waals surface area contributed by atoms with Crippen LogP contribution in [0, 0.1) is 12.3 Å². The average molecular weight is 485 g/mol. The van der Waals surface area contributed by atoms with E-state index in [9.17, 15) is 9.59 Å². The SMILES string of the molecule is Cc1ccc(CN(Cc2ccc3c(c2)OCO3)C(=O)CN(CC2CCCO2)C(=O)CC(C)(C)C)o1. The number of hydrogen-bond acceptors (Lipinski definition) is 6. The molecule has 0 bridgehead atoms. The molecule has 0 N–H and O–H groups in total. The van der Waals surface area contributed by atoms with E-state index in [1.807, 2.05) is 58.0 Å². The van der Waals surface area contributed by atoms with Gasteiger partial charge in [-0.1, -0.05) is 26.8 Å². The minimum absolute atomic E-state index is 0.000976. The summed E-state index contributed by atoms with van der Waals surface area (Å²) >= 11 is 0. The van der Waals surface area contributed by atoms with Crippen LogP contribution >= 0.6 is 0 Å². The first-order valence-electron chi connectivity index (χ1n) is 12.3. The van der Waals surface area contributed by atoms with Crippen LogP contribution < -0.4 is 9.47 Å². The molecule has 3 heterocycles. The summed E-state index contributed by atoms with van der Waals surface area (Å²) in [5, 5.41) is 0. The Morgan fingerprint density at radius 3 is 2.49 bits per heavy atom. The summed E-state index contributed by atoms with van der Waals surface area (Å²) in [4.78, 5) is 30.2. The van der Waals surface area contributed by atoms with Crippen LogP contribution in [0.4, 0.5) is 0 Å². The van der Waals surface area contributed by atoms with Crippen LogP contribution in [0.3, 0.4) is 0 Å². The third-order valence-electron chi connectivity index (χ3n) is 6.11. The van der Waals surface area contributed by atoms with Gasteiger partial charge in [0.15, 0.2) is 11.5 Å². The van der Waals surface area contributed by atoms with Gasteiger partial charge in [-0.05, 0) is 55.0 Å². The van der Waals surface area contributed by atoms with E-state index >= 15 is 0 Å². The number of amides is 2. The molecule has 1 fully saturated rings. The lowest BCUT2D eigenvalue weighted by Gasteiger charge is -2.30. The largest absolute Gasteiger partial charge is 0.464 e. The van der Waals surface area contributed by atoms with E-state index in [-0.39, 0.29) is 36.7 Å². The monoisotopic (exact) mass is 484 g/mol. The van der Waals surface area contributed by atoms with Gasteiger partial charge in [0.2, 0.25) is 18.6 Å². The van der Waals surface area contributed by atoms with Crippen molar-refractivity contribution in [3.8, 4) is 11.5 Å². The first-order chi connectivity index (χ1) is 16.7. The fraction of sp³-hybridized carbons (Fsp3) is 0.556. The van der Waals surface area contributed by atoms with Crippen LogP contribution in [0.1, 0.15) is 57.1 Å². The number of aryl methyl sites for hydroxylation is 1. The van der Waals surface area contributed by atoms with Crippen molar-refractivity contribution in [2.45, 2.75) is 66.2 Å². The molecule has 190 valence electrons. The molecule has 0 spiro atoms. The van der Waals surface area contributed by atoms with Crippen LogP contribution in [0.25, 0.3) is 0 Å². The van der Waals surface area contributed by atoms with Crippen molar-refractivity contribution in [1.82, 2.24) is 9.80 Å². The second-order valence-corrected chi connectivity index (χ2v) is 10.6. The molecule has 1 atom stereocenters. The number of benzene rings is 1. The fourth-order valence-corrected chi connectivity index (χ4v) is 4.37. The molecule has 1 saturated heterocycles. The Labute approximate surface area is 207 Å². The number of ether oxygens (including phenoxy) is 3. The predicted octanol–water partition coefficient (Wildman–Crippen LogP) is 4.29. The average Bonchev–Trinajstić information content (AvgIpc) is 3.53. The van der Waals surface area contributed by atoms with Crippen molar-refractivity contribution in [2.75, 3.05) is 26.5 Å². The number of carbonyl (C=O) groups excluding carboxylic acids is 2. The molecule has 0 saturated carbocycles. The number of carbonyl (C=O) groups is 2. The Kier molecular flexibility index (Phi) is 7.69. The number of furan rings is 1. The van der Waals surface area contributed by atoms with Gasteiger partial charge < -0.3 is 28.4 Å². The molecule has 2 aliphatic heterocycles. The minimum atomic E-state index is -0.174. The van der Waals surface area contributed by atoms with E-state index in [0.29, 0.717) is 49.9 Å². The molecule has 1 aromatic heterocycles. The van der Waals surface area contributed by atoms with Crippen molar-refractivity contribution >= 4 is 11.8 Å². The summed E-state index contributed by atoms with van der Waals surface area (Å²) in [7, 11) is 0.